The molecule has 0 spiro atoms. The van der Waals surface area contributed by atoms with Crippen molar-refractivity contribution in [3.63, 3.8) is 0 Å². The first-order chi connectivity index (χ1) is 15.5. The van der Waals surface area contributed by atoms with Gasteiger partial charge in [-0.05, 0) is 24.0 Å². The van der Waals surface area contributed by atoms with Crippen molar-refractivity contribution in [2.45, 2.75) is 38.9 Å². The average Bonchev–Trinajstić information content (AvgIpc) is 2.82. The van der Waals surface area contributed by atoms with E-state index in [0.717, 1.165) is 11.1 Å². The number of hydrogen-bond acceptors (Lipinski definition) is 8. The van der Waals surface area contributed by atoms with E-state index in [1.165, 1.54) is 0 Å². The van der Waals surface area contributed by atoms with Crippen molar-refractivity contribution >= 4 is 23.9 Å². The standard InChI is InChI=1S/C24H26O8/c25-21(31-17-23(27)29-15-19-9-3-1-4-10-19)13-7-8-14-22(26)32-18-24(28)30-16-20-11-5-2-6-12-20/h1-6,9-12H,7-8,13-18H2. The number of carbonyl (C=O) groups is 4. The monoisotopic (exact) mass is 442 g/mol. The van der Waals surface area contributed by atoms with Crippen molar-refractivity contribution in [1.29, 1.82) is 0 Å². The molecule has 170 valence electrons. The maximum Gasteiger partial charge on any atom is 0.344 e. The Balaban J connectivity index is 1.46. The van der Waals surface area contributed by atoms with Crippen LogP contribution in [-0.4, -0.2) is 37.1 Å². The summed E-state index contributed by atoms with van der Waals surface area (Å²) < 4.78 is 19.7. The van der Waals surface area contributed by atoms with Gasteiger partial charge < -0.3 is 18.9 Å². The Morgan fingerprint density at radius 1 is 0.500 bits per heavy atom. The molecule has 0 radical (unpaired) electrons. The molecule has 0 N–H and O–H groups in total. The molecule has 2 rings (SSSR count). The summed E-state index contributed by atoms with van der Waals surface area (Å²) in [4.78, 5) is 46.5. The number of unbranched alkanes of at least 4 members (excludes halogenated alkanes) is 1. The highest BCUT2D eigenvalue weighted by Crippen LogP contribution is 2.05. The van der Waals surface area contributed by atoms with Crippen LogP contribution >= 0.6 is 0 Å². The van der Waals surface area contributed by atoms with Crippen LogP contribution in [-0.2, 0) is 51.3 Å². The molecule has 0 aliphatic carbocycles. The highest BCUT2D eigenvalue weighted by molar-refractivity contribution is 5.77. The highest BCUT2D eigenvalue weighted by atomic mass is 16.6. The molecular formula is C24H26O8. The Bertz CT molecular complexity index is 791. The number of benzene rings is 2. The lowest BCUT2D eigenvalue weighted by Crippen LogP contribution is -2.17. The van der Waals surface area contributed by atoms with Crippen molar-refractivity contribution in [3.05, 3.63) is 71.8 Å². The molecule has 0 saturated heterocycles. The minimum Gasteiger partial charge on any atom is -0.458 e. The molecule has 0 heterocycles. The zero-order valence-corrected chi connectivity index (χ0v) is 17.7. The topological polar surface area (TPSA) is 105 Å². The Morgan fingerprint density at radius 2 is 0.875 bits per heavy atom. The fourth-order valence-electron chi connectivity index (χ4n) is 2.52. The van der Waals surface area contributed by atoms with Crippen LogP contribution in [0.4, 0.5) is 0 Å². The van der Waals surface area contributed by atoms with Crippen LogP contribution in [0.15, 0.2) is 60.7 Å². The van der Waals surface area contributed by atoms with Gasteiger partial charge in [0.15, 0.2) is 13.2 Å². The second-order valence-corrected chi connectivity index (χ2v) is 6.82. The first-order valence-corrected chi connectivity index (χ1v) is 10.2. The molecule has 0 aliphatic heterocycles. The van der Waals surface area contributed by atoms with Gasteiger partial charge in [-0.2, -0.15) is 0 Å². The van der Waals surface area contributed by atoms with Gasteiger partial charge in [-0.15, -0.1) is 0 Å². The summed E-state index contributed by atoms with van der Waals surface area (Å²) in [5.41, 5.74) is 1.67. The fraction of sp³-hybridized carbons (Fsp3) is 0.333. The lowest BCUT2D eigenvalue weighted by atomic mass is 10.2. The number of hydrogen-bond donors (Lipinski definition) is 0. The Kier molecular flexibility index (Phi) is 11.0. The van der Waals surface area contributed by atoms with Gasteiger partial charge in [0.1, 0.15) is 13.2 Å². The van der Waals surface area contributed by atoms with Gasteiger partial charge in [0, 0.05) is 12.8 Å². The predicted octanol–water partition coefficient (Wildman–Crippen LogP) is 3.12. The van der Waals surface area contributed by atoms with Crippen LogP contribution < -0.4 is 0 Å². The lowest BCUT2D eigenvalue weighted by molar-refractivity contribution is -0.160. The van der Waals surface area contributed by atoms with Crippen LogP contribution in [0.5, 0.6) is 0 Å². The largest absolute Gasteiger partial charge is 0.458 e. The van der Waals surface area contributed by atoms with Gasteiger partial charge >= 0.3 is 23.9 Å². The minimum absolute atomic E-state index is 0.0539. The van der Waals surface area contributed by atoms with E-state index in [1.807, 2.05) is 60.7 Å². The first-order valence-electron chi connectivity index (χ1n) is 10.2. The average molecular weight is 442 g/mol. The minimum atomic E-state index is -0.634. The van der Waals surface area contributed by atoms with Crippen molar-refractivity contribution < 1.29 is 38.1 Å². The van der Waals surface area contributed by atoms with E-state index in [0.29, 0.717) is 12.8 Å². The zero-order chi connectivity index (χ0) is 23.0. The molecule has 2 aromatic rings. The van der Waals surface area contributed by atoms with Gasteiger partial charge in [-0.3, -0.25) is 9.59 Å². The van der Waals surface area contributed by atoms with Crippen LogP contribution in [0.1, 0.15) is 36.8 Å². The SMILES string of the molecule is O=C(CCCCC(=O)OCC(=O)OCc1ccccc1)OCC(=O)OCc1ccccc1. The number of carbonyl (C=O) groups excluding carboxylic acids is 4. The van der Waals surface area contributed by atoms with Crippen LogP contribution in [0.25, 0.3) is 0 Å². The normalized spacial score (nSPS) is 10.1. The smallest absolute Gasteiger partial charge is 0.344 e. The van der Waals surface area contributed by atoms with Crippen LogP contribution in [0, 0.1) is 0 Å². The molecule has 8 heteroatoms. The van der Waals surface area contributed by atoms with Gasteiger partial charge in [0.25, 0.3) is 0 Å². The molecule has 2 aromatic carbocycles. The quantitative estimate of drug-likeness (QED) is 0.265. The molecule has 0 fully saturated rings. The molecule has 0 aromatic heterocycles. The summed E-state index contributed by atoms with van der Waals surface area (Å²) in [6.45, 7) is -0.699. The first kappa shape index (κ1) is 24.6. The van der Waals surface area contributed by atoms with E-state index < -0.39 is 37.1 Å². The maximum atomic E-state index is 11.7. The van der Waals surface area contributed by atoms with E-state index in [9.17, 15) is 19.2 Å². The Labute approximate surface area is 186 Å². The zero-order valence-electron chi connectivity index (χ0n) is 17.7. The van der Waals surface area contributed by atoms with Crippen molar-refractivity contribution in [1.82, 2.24) is 0 Å². The summed E-state index contributed by atoms with van der Waals surface area (Å²) in [5, 5.41) is 0. The van der Waals surface area contributed by atoms with Gasteiger partial charge in [-0.1, -0.05) is 60.7 Å². The van der Waals surface area contributed by atoms with Crippen molar-refractivity contribution in [2.75, 3.05) is 13.2 Å². The van der Waals surface area contributed by atoms with Gasteiger partial charge in [-0.25, -0.2) is 9.59 Å². The summed E-state index contributed by atoms with van der Waals surface area (Å²) in [6.07, 6.45) is 0.869. The highest BCUT2D eigenvalue weighted by Gasteiger charge is 2.11. The van der Waals surface area contributed by atoms with Gasteiger partial charge in [0.2, 0.25) is 0 Å². The number of ether oxygens (including phenoxy) is 4. The summed E-state index contributed by atoms with van der Waals surface area (Å²) in [6, 6.07) is 18.3. The van der Waals surface area contributed by atoms with E-state index in [4.69, 9.17) is 18.9 Å². The lowest BCUT2D eigenvalue weighted by Gasteiger charge is -2.07. The molecule has 32 heavy (non-hydrogen) atoms. The van der Waals surface area contributed by atoms with Crippen molar-refractivity contribution in [2.24, 2.45) is 0 Å². The third kappa shape index (κ3) is 10.9. The molecule has 8 nitrogen and oxygen atoms in total. The third-order valence-corrected chi connectivity index (χ3v) is 4.20. The van der Waals surface area contributed by atoms with Gasteiger partial charge in [0.05, 0.1) is 0 Å². The van der Waals surface area contributed by atoms with E-state index in [1.54, 1.807) is 0 Å². The fourth-order valence-corrected chi connectivity index (χ4v) is 2.52. The molecule has 0 atom stereocenters. The molecule has 0 unspecified atom stereocenters. The molecule has 0 aliphatic rings. The third-order valence-electron chi connectivity index (χ3n) is 4.20. The van der Waals surface area contributed by atoms with E-state index in [2.05, 4.69) is 0 Å². The molecule has 0 bridgehead atoms. The van der Waals surface area contributed by atoms with Crippen molar-refractivity contribution in [3.8, 4) is 0 Å². The maximum absolute atomic E-state index is 11.7. The van der Waals surface area contributed by atoms with E-state index in [-0.39, 0.29) is 26.1 Å². The summed E-state index contributed by atoms with van der Waals surface area (Å²) in [7, 11) is 0. The number of esters is 4. The molecule has 0 saturated carbocycles. The molecular weight excluding hydrogens is 416 g/mol. The van der Waals surface area contributed by atoms with E-state index >= 15 is 0 Å². The van der Waals surface area contributed by atoms with Crippen LogP contribution in [0.3, 0.4) is 0 Å². The number of rotatable bonds is 13. The Hall–Kier alpha value is -3.68. The molecule has 0 amide bonds. The summed E-state index contributed by atoms with van der Waals surface area (Å²) >= 11 is 0. The Morgan fingerprint density at radius 3 is 1.25 bits per heavy atom. The van der Waals surface area contributed by atoms with Crippen LogP contribution in [0.2, 0.25) is 0 Å². The second kappa shape index (κ2) is 14.3. The summed E-state index contributed by atoms with van der Waals surface area (Å²) in [5.74, 6) is -2.38. The predicted molar refractivity (Wildman–Crippen MR) is 113 cm³/mol. The second-order valence-electron chi connectivity index (χ2n) is 6.82.